The van der Waals surface area contributed by atoms with Gasteiger partial charge in [0.15, 0.2) is 17.5 Å². The summed E-state index contributed by atoms with van der Waals surface area (Å²) in [7, 11) is 0. The Labute approximate surface area is 330 Å². The number of rotatable bonds is 6. The maximum Gasteiger partial charge on any atom is 0.164 e. The molecule has 5 nitrogen and oxygen atoms in total. The Morgan fingerprint density at radius 2 is 0.965 bits per heavy atom. The van der Waals surface area contributed by atoms with E-state index in [2.05, 4.69) is 140 Å². The molecule has 1 aliphatic carbocycles. The van der Waals surface area contributed by atoms with Gasteiger partial charge in [0.25, 0.3) is 0 Å². The highest BCUT2D eigenvalue weighted by Crippen LogP contribution is 2.51. The van der Waals surface area contributed by atoms with E-state index in [9.17, 15) is 0 Å². The van der Waals surface area contributed by atoms with Crippen molar-refractivity contribution in [1.82, 2.24) is 15.0 Å². The van der Waals surface area contributed by atoms with Crippen molar-refractivity contribution in [3.05, 3.63) is 193 Å². The first-order valence-electron chi connectivity index (χ1n) is 19.4. The van der Waals surface area contributed by atoms with Gasteiger partial charge in [0.1, 0.15) is 11.2 Å². The second-order valence-electron chi connectivity index (χ2n) is 15.2. The molecule has 0 saturated carbocycles. The molecule has 0 aliphatic heterocycles. The quantitative estimate of drug-likeness (QED) is 0.170. The number of hydrogen-bond acceptors (Lipinski definition) is 5. The number of hydrogen-bond donors (Lipinski definition) is 0. The highest BCUT2D eigenvalue weighted by atomic mass is 16.3. The fourth-order valence-corrected chi connectivity index (χ4v) is 8.70. The number of nitrogens with zero attached hydrogens (tertiary/aromatic N) is 4. The van der Waals surface area contributed by atoms with E-state index in [-0.39, 0.29) is 5.41 Å². The van der Waals surface area contributed by atoms with Crippen LogP contribution in [0.4, 0.5) is 17.1 Å². The minimum Gasteiger partial charge on any atom is -0.455 e. The van der Waals surface area contributed by atoms with Gasteiger partial charge in [-0.3, -0.25) is 0 Å². The van der Waals surface area contributed by atoms with E-state index in [1.54, 1.807) is 0 Å². The molecule has 0 radical (unpaired) electrons. The molecular formula is C52H36N4O. The van der Waals surface area contributed by atoms with Crippen molar-refractivity contribution in [2.24, 2.45) is 0 Å². The average molecular weight is 733 g/mol. The average Bonchev–Trinajstić information content (AvgIpc) is 3.75. The molecule has 0 bridgehead atoms. The van der Waals surface area contributed by atoms with Crippen molar-refractivity contribution in [2.75, 3.05) is 4.90 Å². The SMILES string of the molecule is CC1(C)c2ccccc2-c2ccc(N(c3ccccc3)c3ccc4c(c3)oc3c5ccccc5c(-c5nc(-c6ccccc6)nc(-c6ccccc6)n5)cc43)cc21. The van der Waals surface area contributed by atoms with Crippen molar-refractivity contribution in [3.63, 3.8) is 0 Å². The zero-order chi connectivity index (χ0) is 38.1. The summed E-state index contributed by atoms with van der Waals surface area (Å²) in [5, 5.41) is 4.06. The van der Waals surface area contributed by atoms with Gasteiger partial charge in [-0.15, -0.1) is 0 Å². The number of benzene rings is 8. The standard InChI is InChI=1S/C52H36N4O/c1-52(2)45-25-15-14-23-39(45)40-28-26-36(30-46(40)52)56(35-20-10-5-11-21-35)37-27-29-41-43-32-44(38-22-12-13-24-42(38)48(43)57-47(41)31-37)51-54-49(33-16-6-3-7-17-33)53-50(55-51)34-18-8-4-9-19-34/h3-32H,1-2H3. The van der Waals surface area contributed by atoms with Crippen LogP contribution < -0.4 is 4.90 Å². The molecule has 57 heavy (non-hydrogen) atoms. The lowest BCUT2D eigenvalue weighted by atomic mass is 9.82. The number of fused-ring (bicyclic) bond motifs is 8. The van der Waals surface area contributed by atoms with Gasteiger partial charge in [0, 0.05) is 61.4 Å². The lowest BCUT2D eigenvalue weighted by Crippen LogP contribution is -2.16. The Morgan fingerprint density at radius 3 is 1.68 bits per heavy atom. The van der Waals surface area contributed by atoms with Gasteiger partial charge in [0.2, 0.25) is 0 Å². The van der Waals surface area contributed by atoms with Crippen LogP contribution in [0.25, 0.3) is 78.0 Å². The van der Waals surface area contributed by atoms with E-state index >= 15 is 0 Å². The molecule has 0 saturated heterocycles. The summed E-state index contributed by atoms with van der Waals surface area (Å²) in [5.74, 6) is 1.87. The minimum atomic E-state index is -0.117. The first-order valence-corrected chi connectivity index (χ1v) is 19.4. The number of furan rings is 1. The third-order valence-corrected chi connectivity index (χ3v) is 11.5. The molecule has 1 aliphatic rings. The number of para-hydroxylation sites is 1. The van der Waals surface area contributed by atoms with Gasteiger partial charge in [-0.1, -0.05) is 147 Å². The van der Waals surface area contributed by atoms with Crippen LogP contribution in [0.5, 0.6) is 0 Å². The molecule has 0 spiro atoms. The van der Waals surface area contributed by atoms with Gasteiger partial charge in [-0.2, -0.15) is 0 Å². The van der Waals surface area contributed by atoms with E-state index in [0.717, 1.165) is 66.5 Å². The molecule has 5 heteroatoms. The van der Waals surface area contributed by atoms with E-state index < -0.39 is 0 Å². The molecule has 0 atom stereocenters. The van der Waals surface area contributed by atoms with E-state index in [1.807, 2.05) is 60.7 Å². The molecule has 0 amide bonds. The summed E-state index contributed by atoms with van der Waals surface area (Å²) in [6.07, 6.45) is 0. The van der Waals surface area contributed by atoms with Gasteiger partial charge < -0.3 is 9.32 Å². The van der Waals surface area contributed by atoms with Crippen LogP contribution in [0.1, 0.15) is 25.0 Å². The highest BCUT2D eigenvalue weighted by Gasteiger charge is 2.35. The first kappa shape index (κ1) is 33.0. The molecule has 0 unspecified atom stereocenters. The van der Waals surface area contributed by atoms with Crippen LogP contribution in [0.3, 0.4) is 0 Å². The Balaban J connectivity index is 1.09. The molecule has 270 valence electrons. The van der Waals surface area contributed by atoms with Crippen LogP contribution in [-0.4, -0.2) is 15.0 Å². The zero-order valence-corrected chi connectivity index (χ0v) is 31.5. The second-order valence-corrected chi connectivity index (χ2v) is 15.2. The van der Waals surface area contributed by atoms with Crippen LogP contribution in [0.2, 0.25) is 0 Å². The monoisotopic (exact) mass is 732 g/mol. The molecule has 8 aromatic carbocycles. The summed E-state index contributed by atoms with van der Waals surface area (Å²) >= 11 is 0. The third-order valence-electron chi connectivity index (χ3n) is 11.5. The Morgan fingerprint density at radius 1 is 0.404 bits per heavy atom. The summed E-state index contributed by atoms with van der Waals surface area (Å²) in [6.45, 7) is 4.66. The molecular weight excluding hydrogens is 697 g/mol. The zero-order valence-electron chi connectivity index (χ0n) is 31.5. The predicted molar refractivity (Wildman–Crippen MR) is 233 cm³/mol. The normalized spacial score (nSPS) is 12.9. The lowest BCUT2D eigenvalue weighted by Gasteiger charge is -2.28. The van der Waals surface area contributed by atoms with Gasteiger partial charge in [-0.25, -0.2) is 15.0 Å². The summed E-state index contributed by atoms with van der Waals surface area (Å²) in [4.78, 5) is 17.5. The Bertz CT molecular complexity index is 3100. The van der Waals surface area contributed by atoms with Crippen molar-refractivity contribution in [2.45, 2.75) is 19.3 Å². The smallest absolute Gasteiger partial charge is 0.164 e. The Kier molecular flexibility index (Phi) is 7.45. The van der Waals surface area contributed by atoms with Crippen LogP contribution in [0.15, 0.2) is 186 Å². The maximum absolute atomic E-state index is 6.87. The fourth-order valence-electron chi connectivity index (χ4n) is 8.70. The molecule has 2 heterocycles. The molecule has 2 aromatic heterocycles. The van der Waals surface area contributed by atoms with E-state index in [4.69, 9.17) is 19.4 Å². The van der Waals surface area contributed by atoms with Gasteiger partial charge in [-0.05, 0) is 70.1 Å². The highest BCUT2D eigenvalue weighted by molar-refractivity contribution is 6.19. The van der Waals surface area contributed by atoms with Crippen molar-refractivity contribution in [1.29, 1.82) is 0 Å². The Hall–Kier alpha value is -7.37. The third kappa shape index (κ3) is 5.35. The number of aromatic nitrogens is 3. The summed E-state index contributed by atoms with van der Waals surface area (Å²) in [5.41, 5.74) is 12.8. The minimum absolute atomic E-state index is 0.117. The molecule has 10 aromatic rings. The molecule has 0 N–H and O–H groups in total. The van der Waals surface area contributed by atoms with Crippen molar-refractivity contribution in [3.8, 4) is 45.3 Å². The van der Waals surface area contributed by atoms with Gasteiger partial charge >= 0.3 is 0 Å². The van der Waals surface area contributed by atoms with Gasteiger partial charge in [0.05, 0.1) is 0 Å². The van der Waals surface area contributed by atoms with Crippen LogP contribution in [-0.2, 0) is 5.41 Å². The predicted octanol–water partition coefficient (Wildman–Crippen LogP) is 13.7. The first-order chi connectivity index (χ1) is 28.0. The van der Waals surface area contributed by atoms with Crippen LogP contribution in [0, 0.1) is 0 Å². The summed E-state index contributed by atoms with van der Waals surface area (Å²) in [6, 6.07) is 63.6. The topological polar surface area (TPSA) is 55.1 Å². The van der Waals surface area contributed by atoms with E-state index in [0.29, 0.717) is 17.5 Å². The second kappa shape index (κ2) is 12.9. The van der Waals surface area contributed by atoms with Crippen molar-refractivity contribution >= 4 is 49.8 Å². The lowest BCUT2D eigenvalue weighted by molar-refractivity contribution is 0.660. The molecule has 0 fully saturated rings. The van der Waals surface area contributed by atoms with E-state index in [1.165, 1.54) is 22.3 Å². The largest absolute Gasteiger partial charge is 0.455 e. The van der Waals surface area contributed by atoms with Crippen LogP contribution >= 0.6 is 0 Å². The number of anilines is 3. The summed E-state index contributed by atoms with van der Waals surface area (Å²) < 4.78 is 6.87. The fraction of sp³-hybridized carbons (Fsp3) is 0.0577. The van der Waals surface area contributed by atoms with Crippen molar-refractivity contribution < 1.29 is 4.42 Å². The molecule has 11 rings (SSSR count). The maximum atomic E-state index is 6.87.